The molecule has 1 aliphatic heterocycles. The summed E-state index contributed by atoms with van der Waals surface area (Å²) in [5.74, 6) is 0.110. The Bertz CT molecular complexity index is 594. The molecule has 0 unspecified atom stereocenters. The second-order valence-electron chi connectivity index (χ2n) is 5.25. The molecule has 1 aliphatic rings. The molecule has 1 N–H and O–H groups in total. The van der Waals surface area contributed by atoms with Crippen molar-refractivity contribution in [2.45, 2.75) is 20.3 Å². The van der Waals surface area contributed by atoms with Crippen LogP contribution in [0.25, 0.3) is 0 Å². The van der Waals surface area contributed by atoms with Gasteiger partial charge in [0.2, 0.25) is 17.7 Å². The molecule has 0 saturated carbocycles. The molecule has 0 bridgehead atoms. The van der Waals surface area contributed by atoms with Crippen LogP contribution in [0.4, 0.5) is 4.79 Å². The lowest BCUT2D eigenvalue weighted by molar-refractivity contribution is -0.134. The number of piperazine rings is 1. The molecule has 1 fully saturated rings. The van der Waals surface area contributed by atoms with Crippen LogP contribution in [0.1, 0.15) is 18.6 Å². The predicted molar refractivity (Wildman–Crippen MR) is 80.9 cm³/mol. The molecule has 1 aromatic rings. The first-order valence-electron chi connectivity index (χ1n) is 7.75. The fourth-order valence-corrected chi connectivity index (χ4v) is 2.26. The number of hydrogen-bond donors (Lipinski definition) is 1. The van der Waals surface area contributed by atoms with Gasteiger partial charge < -0.3 is 24.4 Å². The first kappa shape index (κ1) is 17.7. The van der Waals surface area contributed by atoms with E-state index in [1.54, 1.807) is 23.6 Å². The third kappa shape index (κ3) is 4.93. The number of ether oxygens (including phenoxy) is 1. The van der Waals surface area contributed by atoms with Gasteiger partial charge in [0, 0.05) is 33.1 Å². The SMILES string of the molecule is CCOC(=O)N1CCN(C(=O)CNC(=O)Cc2noc(C)n2)CC1. The number of amides is 3. The van der Waals surface area contributed by atoms with Crippen molar-refractivity contribution in [2.75, 3.05) is 39.3 Å². The summed E-state index contributed by atoms with van der Waals surface area (Å²) < 4.78 is 9.70. The highest BCUT2D eigenvalue weighted by atomic mass is 16.6. The van der Waals surface area contributed by atoms with Gasteiger partial charge in [0.25, 0.3) is 0 Å². The van der Waals surface area contributed by atoms with E-state index < -0.39 is 0 Å². The maximum Gasteiger partial charge on any atom is 0.409 e. The maximum atomic E-state index is 12.1. The second-order valence-corrected chi connectivity index (χ2v) is 5.25. The van der Waals surface area contributed by atoms with Gasteiger partial charge in [-0.05, 0) is 6.92 Å². The molecular weight excluding hydrogens is 318 g/mol. The third-order valence-corrected chi connectivity index (χ3v) is 3.48. The van der Waals surface area contributed by atoms with Crippen LogP contribution in [0.3, 0.4) is 0 Å². The van der Waals surface area contributed by atoms with Crippen LogP contribution >= 0.6 is 0 Å². The highest BCUT2D eigenvalue weighted by molar-refractivity contribution is 5.85. The van der Waals surface area contributed by atoms with Crippen LogP contribution in [0.15, 0.2) is 4.52 Å². The Hall–Kier alpha value is -2.65. The Labute approximate surface area is 139 Å². The van der Waals surface area contributed by atoms with Crippen molar-refractivity contribution in [3.05, 3.63) is 11.7 Å². The van der Waals surface area contributed by atoms with Crippen molar-refractivity contribution in [1.29, 1.82) is 0 Å². The van der Waals surface area contributed by atoms with Crippen LogP contribution in [-0.2, 0) is 20.7 Å². The summed E-state index contributed by atoms with van der Waals surface area (Å²) in [7, 11) is 0. The fraction of sp³-hybridized carbons (Fsp3) is 0.643. The van der Waals surface area contributed by atoms with Crippen molar-refractivity contribution in [3.63, 3.8) is 0 Å². The van der Waals surface area contributed by atoms with Crippen molar-refractivity contribution < 1.29 is 23.6 Å². The fourth-order valence-electron chi connectivity index (χ4n) is 2.26. The van der Waals surface area contributed by atoms with Crippen LogP contribution < -0.4 is 5.32 Å². The summed E-state index contributed by atoms with van der Waals surface area (Å²) in [6.45, 7) is 5.26. The third-order valence-electron chi connectivity index (χ3n) is 3.48. The van der Waals surface area contributed by atoms with Crippen LogP contribution in [0.5, 0.6) is 0 Å². The first-order valence-corrected chi connectivity index (χ1v) is 7.75. The summed E-state index contributed by atoms with van der Waals surface area (Å²) in [6, 6.07) is 0. The van der Waals surface area contributed by atoms with Gasteiger partial charge in [0.05, 0.1) is 19.6 Å². The molecule has 1 saturated heterocycles. The molecule has 10 nitrogen and oxygen atoms in total. The zero-order valence-corrected chi connectivity index (χ0v) is 13.8. The van der Waals surface area contributed by atoms with Crippen molar-refractivity contribution in [1.82, 2.24) is 25.3 Å². The topological polar surface area (TPSA) is 118 Å². The van der Waals surface area contributed by atoms with E-state index in [9.17, 15) is 14.4 Å². The number of nitrogens with zero attached hydrogens (tertiary/aromatic N) is 4. The van der Waals surface area contributed by atoms with Crippen LogP contribution in [0, 0.1) is 6.92 Å². The van der Waals surface area contributed by atoms with E-state index in [1.807, 2.05) is 0 Å². The monoisotopic (exact) mass is 339 g/mol. The Morgan fingerprint density at radius 2 is 1.88 bits per heavy atom. The van der Waals surface area contributed by atoms with Gasteiger partial charge in [-0.25, -0.2) is 4.79 Å². The molecule has 0 spiro atoms. The predicted octanol–water partition coefficient (Wildman–Crippen LogP) is -0.663. The number of nitrogens with one attached hydrogen (secondary N) is 1. The quantitative estimate of drug-likeness (QED) is 0.756. The highest BCUT2D eigenvalue weighted by Crippen LogP contribution is 2.04. The number of carbonyl (C=O) groups excluding carboxylic acids is 3. The van der Waals surface area contributed by atoms with E-state index in [0.717, 1.165) is 0 Å². The average molecular weight is 339 g/mol. The minimum Gasteiger partial charge on any atom is -0.450 e. The normalized spacial score (nSPS) is 14.4. The van der Waals surface area contributed by atoms with E-state index in [2.05, 4.69) is 15.5 Å². The van der Waals surface area contributed by atoms with E-state index in [1.165, 1.54) is 0 Å². The van der Waals surface area contributed by atoms with E-state index in [0.29, 0.717) is 38.7 Å². The zero-order chi connectivity index (χ0) is 17.5. The highest BCUT2D eigenvalue weighted by Gasteiger charge is 2.24. The number of carbonyl (C=O) groups is 3. The lowest BCUT2D eigenvalue weighted by Crippen LogP contribution is -2.52. The minimum absolute atomic E-state index is 0.0404. The van der Waals surface area contributed by atoms with E-state index in [4.69, 9.17) is 9.26 Å². The van der Waals surface area contributed by atoms with Gasteiger partial charge in [-0.2, -0.15) is 4.98 Å². The van der Waals surface area contributed by atoms with Gasteiger partial charge in [-0.15, -0.1) is 0 Å². The number of aromatic nitrogens is 2. The summed E-state index contributed by atoms with van der Waals surface area (Å²) in [5, 5.41) is 6.16. The van der Waals surface area contributed by atoms with Crippen molar-refractivity contribution >= 4 is 17.9 Å². The van der Waals surface area contributed by atoms with Crippen molar-refractivity contribution in [2.24, 2.45) is 0 Å². The summed E-state index contributed by atoms with van der Waals surface area (Å²) >= 11 is 0. The van der Waals surface area contributed by atoms with Gasteiger partial charge >= 0.3 is 6.09 Å². The maximum absolute atomic E-state index is 12.1. The van der Waals surface area contributed by atoms with Crippen molar-refractivity contribution in [3.8, 4) is 0 Å². The molecular formula is C14H21N5O5. The molecule has 2 rings (SSSR count). The summed E-state index contributed by atoms with van der Waals surface area (Å²) in [6.07, 6.45) is -0.408. The molecule has 3 amide bonds. The molecule has 132 valence electrons. The van der Waals surface area contributed by atoms with E-state index >= 15 is 0 Å². The molecule has 0 atom stereocenters. The number of aryl methyl sites for hydroxylation is 1. The Balaban J connectivity index is 1.69. The summed E-state index contributed by atoms with van der Waals surface area (Å²) in [4.78, 5) is 42.5. The molecule has 0 radical (unpaired) electrons. The van der Waals surface area contributed by atoms with Gasteiger partial charge in [0.1, 0.15) is 0 Å². The lowest BCUT2D eigenvalue weighted by atomic mass is 10.3. The molecule has 0 aliphatic carbocycles. The Kier molecular flexibility index (Phi) is 6.10. The largest absolute Gasteiger partial charge is 0.450 e. The molecule has 2 heterocycles. The van der Waals surface area contributed by atoms with Crippen LogP contribution in [0.2, 0.25) is 0 Å². The Morgan fingerprint density at radius 3 is 2.46 bits per heavy atom. The van der Waals surface area contributed by atoms with Gasteiger partial charge in [-0.1, -0.05) is 5.16 Å². The smallest absolute Gasteiger partial charge is 0.409 e. The second kappa shape index (κ2) is 8.27. The first-order chi connectivity index (χ1) is 11.5. The van der Waals surface area contributed by atoms with Gasteiger partial charge in [-0.3, -0.25) is 9.59 Å². The number of hydrogen-bond acceptors (Lipinski definition) is 7. The molecule has 0 aromatic carbocycles. The van der Waals surface area contributed by atoms with Crippen LogP contribution in [-0.4, -0.2) is 77.2 Å². The molecule has 1 aromatic heterocycles. The number of rotatable bonds is 5. The lowest BCUT2D eigenvalue weighted by Gasteiger charge is -2.34. The van der Waals surface area contributed by atoms with Gasteiger partial charge in [0.15, 0.2) is 5.82 Å². The van der Waals surface area contributed by atoms with E-state index in [-0.39, 0.29) is 36.7 Å². The molecule has 24 heavy (non-hydrogen) atoms. The standard InChI is InChI=1S/C14H21N5O5/c1-3-23-14(22)19-6-4-18(5-7-19)13(21)9-15-12(20)8-11-16-10(2)24-17-11/h3-9H2,1-2H3,(H,15,20). The zero-order valence-electron chi connectivity index (χ0n) is 13.8. The average Bonchev–Trinajstić information content (AvgIpc) is 2.98. The Morgan fingerprint density at radius 1 is 1.21 bits per heavy atom. The summed E-state index contributed by atoms with van der Waals surface area (Å²) in [5.41, 5.74) is 0. The molecule has 10 heteroatoms. The minimum atomic E-state index is -0.367.